The van der Waals surface area contributed by atoms with E-state index in [1.54, 1.807) is 12.1 Å². The van der Waals surface area contributed by atoms with Gasteiger partial charge in [-0.2, -0.15) is 15.0 Å². The van der Waals surface area contributed by atoms with Crippen molar-refractivity contribution in [2.24, 2.45) is 0 Å². The van der Waals surface area contributed by atoms with Crippen LogP contribution in [-0.4, -0.2) is 15.0 Å². The second-order valence-corrected chi connectivity index (χ2v) is 3.38. The summed E-state index contributed by atoms with van der Waals surface area (Å²) >= 11 is 11.2. The lowest BCUT2D eigenvalue weighted by Gasteiger charge is -2.00. The predicted molar refractivity (Wildman–Crippen MR) is 55.2 cm³/mol. The van der Waals surface area contributed by atoms with Crippen LogP contribution < -0.4 is 0 Å². The molecule has 0 radical (unpaired) electrons. The standard InChI is InChI=1S/C9H4Cl2FN3/c10-8-13-7(14-9(11)15-8)5-2-1-3-6(12)4-5/h1-4H. The van der Waals surface area contributed by atoms with Gasteiger partial charge in [-0.25, -0.2) is 4.39 Å². The zero-order valence-corrected chi connectivity index (χ0v) is 8.80. The van der Waals surface area contributed by atoms with Crippen molar-refractivity contribution in [3.63, 3.8) is 0 Å². The summed E-state index contributed by atoms with van der Waals surface area (Å²) in [6, 6.07) is 5.83. The van der Waals surface area contributed by atoms with Gasteiger partial charge in [-0.05, 0) is 35.3 Å². The number of nitrogens with zero attached hydrogens (tertiary/aromatic N) is 3. The zero-order valence-electron chi connectivity index (χ0n) is 7.28. The molecular weight excluding hydrogens is 240 g/mol. The topological polar surface area (TPSA) is 38.7 Å². The minimum absolute atomic E-state index is 0.0192. The summed E-state index contributed by atoms with van der Waals surface area (Å²) in [7, 11) is 0. The molecule has 0 saturated heterocycles. The number of rotatable bonds is 1. The van der Waals surface area contributed by atoms with Gasteiger partial charge in [-0.3, -0.25) is 0 Å². The Labute approximate surface area is 94.9 Å². The maximum Gasteiger partial charge on any atom is 0.227 e. The third-order valence-corrected chi connectivity index (χ3v) is 2.00. The number of hydrogen-bond donors (Lipinski definition) is 0. The Morgan fingerprint density at radius 2 is 1.67 bits per heavy atom. The number of halogens is 3. The van der Waals surface area contributed by atoms with Crippen molar-refractivity contribution < 1.29 is 4.39 Å². The quantitative estimate of drug-likeness (QED) is 0.773. The van der Waals surface area contributed by atoms with Crippen LogP contribution in [0, 0.1) is 5.82 Å². The largest absolute Gasteiger partial charge is 0.227 e. The Kier molecular flexibility index (Phi) is 2.79. The van der Waals surface area contributed by atoms with Crippen LogP contribution in [0.5, 0.6) is 0 Å². The molecule has 0 aliphatic carbocycles. The molecule has 1 aromatic heterocycles. The Hall–Kier alpha value is -1.26. The Bertz CT molecular complexity index is 484. The lowest BCUT2D eigenvalue weighted by Crippen LogP contribution is -1.93. The lowest BCUT2D eigenvalue weighted by molar-refractivity contribution is 0.628. The Balaban J connectivity index is 2.54. The third-order valence-electron chi connectivity index (χ3n) is 1.66. The van der Waals surface area contributed by atoms with Gasteiger partial charge in [0.2, 0.25) is 10.6 Å². The second kappa shape index (κ2) is 4.08. The van der Waals surface area contributed by atoms with Gasteiger partial charge in [0.25, 0.3) is 0 Å². The molecule has 0 unspecified atom stereocenters. The molecule has 0 spiro atoms. The average Bonchev–Trinajstić information content (AvgIpc) is 2.16. The molecule has 6 heteroatoms. The van der Waals surface area contributed by atoms with E-state index >= 15 is 0 Å². The lowest BCUT2D eigenvalue weighted by atomic mass is 10.2. The number of benzene rings is 1. The average molecular weight is 244 g/mol. The fourth-order valence-electron chi connectivity index (χ4n) is 1.08. The molecule has 0 N–H and O–H groups in total. The Morgan fingerprint density at radius 3 is 2.27 bits per heavy atom. The number of aromatic nitrogens is 3. The van der Waals surface area contributed by atoms with Crippen LogP contribution in [0.25, 0.3) is 11.4 Å². The van der Waals surface area contributed by atoms with Crippen LogP contribution in [0.3, 0.4) is 0 Å². The van der Waals surface area contributed by atoms with Crippen LogP contribution in [0.4, 0.5) is 4.39 Å². The van der Waals surface area contributed by atoms with Gasteiger partial charge in [-0.1, -0.05) is 12.1 Å². The van der Waals surface area contributed by atoms with Gasteiger partial charge in [0.15, 0.2) is 5.82 Å². The molecule has 0 fully saturated rings. The van der Waals surface area contributed by atoms with Crippen LogP contribution in [0.1, 0.15) is 0 Å². The summed E-state index contributed by atoms with van der Waals surface area (Å²) < 4.78 is 12.9. The second-order valence-electron chi connectivity index (χ2n) is 2.71. The van der Waals surface area contributed by atoms with Crippen molar-refractivity contribution in [3.8, 4) is 11.4 Å². The van der Waals surface area contributed by atoms with Crippen molar-refractivity contribution >= 4 is 23.2 Å². The van der Waals surface area contributed by atoms with E-state index in [0.29, 0.717) is 5.56 Å². The van der Waals surface area contributed by atoms with Crippen LogP contribution in [0.15, 0.2) is 24.3 Å². The van der Waals surface area contributed by atoms with Crippen molar-refractivity contribution in [2.75, 3.05) is 0 Å². The highest BCUT2D eigenvalue weighted by atomic mass is 35.5. The highest BCUT2D eigenvalue weighted by Crippen LogP contribution is 2.18. The molecule has 2 aromatic rings. The van der Waals surface area contributed by atoms with Gasteiger partial charge in [-0.15, -0.1) is 0 Å². The summed E-state index contributed by atoms with van der Waals surface area (Å²) in [6.45, 7) is 0. The minimum atomic E-state index is -0.375. The molecule has 15 heavy (non-hydrogen) atoms. The molecule has 1 aromatic carbocycles. The first-order valence-electron chi connectivity index (χ1n) is 3.98. The minimum Gasteiger partial charge on any atom is -0.207 e. The molecule has 0 aliphatic heterocycles. The molecule has 0 saturated carbocycles. The molecular formula is C9H4Cl2FN3. The summed E-state index contributed by atoms with van der Waals surface area (Å²) in [6.07, 6.45) is 0. The number of hydrogen-bond acceptors (Lipinski definition) is 3. The van der Waals surface area contributed by atoms with Crippen LogP contribution in [-0.2, 0) is 0 Å². The summed E-state index contributed by atoms with van der Waals surface area (Å²) in [4.78, 5) is 11.3. The molecule has 76 valence electrons. The summed E-state index contributed by atoms with van der Waals surface area (Å²) in [5, 5.41) is -0.0384. The third kappa shape index (κ3) is 2.40. The van der Waals surface area contributed by atoms with Gasteiger partial charge in [0, 0.05) is 5.56 Å². The van der Waals surface area contributed by atoms with Gasteiger partial charge in [0.05, 0.1) is 0 Å². The van der Waals surface area contributed by atoms with Crippen molar-refractivity contribution in [1.29, 1.82) is 0 Å². The summed E-state index contributed by atoms with van der Waals surface area (Å²) in [5.74, 6) is -0.125. The first-order chi connectivity index (χ1) is 7.15. The van der Waals surface area contributed by atoms with E-state index in [0.717, 1.165) is 0 Å². The molecule has 3 nitrogen and oxygen atoms in total. The van der Waals surface area contributed by atoms with Gasteiger partial charge < -0.3 is 0 Å². The molecule has 1 heterocycles. The fourth-order valence-corrected chi connectivity index (χ4v) is 1.45. The highest BCUT2D eigenvalue weighted by Gasteiger charge is 2.06. The van der Waals surface area contributed by atoms with Crippen LogP contribution in [0.2, 0.25) is 10.6 Å². The Morgan fingerprint density at radius 1 is 1.00 bits per heavy atom. The molecule has 0 atom stereocenters. The molecule has 0 aliphatic rings. The van der Waals surface area contributed by atoms with E-state index in [2.05, 4.69) is 15.0 Å². The van der Waals surface area contributed by atoms with E-state index in [1.807, 2.05) is 0 Å². The molecule has 0 amide bonds. The monoisotopic (exact) mass is 243 g/mol. The first kappa shape index (κ1) is 10.3. The van der Waals surface area contributed by atoms with E-state index in [9.17, 15) is 4.39 Å². The van der Waals surface area contributed by atoms with E-state index in [-0.39, 0.29) is 22.2 Å². The molecule has 0 bridgehead atoms. The SMILES string of the molecule is Fc1cccc(-c2nc(Cl)nc(Cl)n2)c1. The van der Waals surface area contributed by atoms with Gasteiger partial charge >= 0.3 is 0 Å². The van der Waals surface area contributed by atoms with Crippen LogP contribution >= 0.6 is 23.2 Å². The highest BCUT2D eigenvalue weighted by molar-refractivity contribution is 6.31. The first-order valence-corrected chi connectivity index (χ1v) is 4.74. The maximum absolute atomic E-state index is 12.9. The van der Waals surface area contributed by atoms with Crippen molar-refractivity contribution in [2.45, 2.75) is 0 Å². The zero-order chi connectivity index (χ0) is 10.8. The maximum atomic E-state index is 12.9. The summed E-state index contributed by atoms with van der Waals surface area (Å²) in [5.41, 5.74) is 0.501. The van der Waals surface area contributed by atoms with E-state index in [4.69, 9.17) is 23.2 Å². The van der Waals surface area contributed by atoms with E-state index in [1.165, 1.54) is 12.1 Å². The molecule has 2 rings (SSSR count). The van der Waals surface area contributed by atoms with Crippen molar-refractivity contribution in [1.82, 2.24) is 15.0 Å². The normalized spacial score (nSPS) is 10.3. The fraction of sp³-hybridized carbons (Fsp3) is 0. The van der Waals surface area contributed by atoms with Gasteiger partial charge in [0.1, 0.15) is 5.82 Å². The predicted octanol–water partition coefficient (Wildman–Crippen LogP) is 2.98. The van der Waals surface area contributed by atoms with Crippen molar-refractivity contribution in [3.05, 3.63) is 40.6 Å². The van der Waals surface area contributed by atoms with E-state index < -0.39 is 0 Å². The smallest absolute Gasteiger partial charge is 0.207 e.